The zero-order valence-corrected chi connectivity index (χ0v) is 24.3. The van der Waals surface area contributed by atoms with Crippen molar-refractivity contribution in [3.8, 4) is 11.1 Å². The van der Waals surface area contributed by atoms with E-state index in [9.17, 15) is 13.2 Å². The van der Waals surface area contributed by atoms with E-state index in [1.165, 1.54) is 0 Å². The molecule has 3 aromatic rings. The molecule has 6 rings (SSSR count). The third-order valence-electron chi connectivity index (χ3n) is 9.41. The molecule has 0 radical (unpaired) electrons. The molecule has 0 bridgehead atoms. The second-order valence-electron chi connectivity index (χ2n) is 11.7. The van der Waals surface area contributed by atoms with Gasteiger partial charge in [0.25, 0.3) is 5.91 Å². The molecule has 5 nitrogen and oxygen atoms in total. The van der Waals surface area contributed by atoms with Crippen molar-refractivity contribution in [3.05, 3.63) is 95.1 Å². The summed E-state index contributed by atoms with van der Waals surface area (Å²) in [6.45, 7) is 5.72. The minimum absolute atomic E-state index is 0.181. The van der Waals surface area contributed by atoms with Gasteiger partial charge in [-0.15, -0.1) is 0 Å². The summed E-state index contributed by atoms with van der Waals surface area (Å²) in [7, 11) is -3.41. The molecule has 0 aromatic heterocycles. The van der Waals surface area contributed by atoms with Crippen molar-refractivity contribution in [3.63, 3.8) is 0 Å². The highest BCUT2D eigenvalue weighted by Crippen LogP contribution is 2.54. The molecule has 0 spiro atoms. The molecule has 2 heterocycles. The van der Waals surface area contributed by atoms with E-state index in [0.29, 0.717) is 18.9 Å². The number of rotatable bonds is 10. The van der Waals surface area contributed by atoms with Crippen LogP contribution >= 0.6 is 0 Å². The number of unbranched alkanes of at least 4 members (excludes halogenated alkanes) is 2. The number of carbonyl (C=O) groups excluding carboxylic acids is 1. The number of fused-ring (bicyclic) bond motifs is 4. The number of nitrogens with zero attached hydrogens (tertiary/aromatic N) is 2. The lowest BCUT2D eigenvalue weighted by molar-refractivity contribution is 0.0595. The van der Waals surface area contributed by atoms with Crippen LogP contribution in [0.2, 0.25) is 0 Å². The molecule has 0 saturated carbocycles. The van der Waals surface area contributed by atoms with Crippen molar-refractivity contribution >= 4 is 15.7 Å². The lowest BCUT2D eigenvalue weighted by Gasteiger charge is -2.37. The topological polar surface area (TPSA) is 57.7 Å². The van der Waals surface area contributed by atoms with Crippen molar-refractivity contribution in [1.82, 2.24) is 9.80 Å². The van der Waals surface area contributed by atoms with E-state index < -0.39 is 14.6 Å². The molecule has 2 aliphatic heterocycles. The van der Waals surface area contributed by atoms with Crippen molar-refractivity contribution < 1.29 is 13.2 Å². The van der Waals surface area contributed by atoms with E-state index in [2.05, 4.69) is 34.9 Å². The van der Waals surface area contributed by atoms with E-state index in [1.807, 2.05) is 54.6 Å². The van der Waals surface area contributed by atoms with Crippen molar-refractivity contribution in [2.24, 2.45) is 0 Å². The number of carbonyl (C=O) groups is 1. The summed E-state index contributed by atoms with van der Waals surface area (Å²) in [4.78, 5) is 17.5. The third kappa shape index (κ3) is 4.59. The maximum atomic E-state index is 14.2. The van der Waals surface area contributed by atoms with Gasteiger partial charge in [-0.25, -0.2) is 8.42 Å². The first kappa shape index (κ1) is 27.2. The molecule has 1 amide bonds. The van der Waals surface area contributed by atoms with E-state index in [4.69, 9.17) is 0 Å². The zero-order valence-electron chi connectivity index (χ0n) is 23.5. The Bertz CT molecular complexity index is 1440. The number of hydrogen-bond acceptors (Lipinski definition) is 4. The maximum absolute atomic E-state index is 14.2. The number of piperidine rings is 1. The average molecular weight is 557 g/mol. The van der Waals surface area contributed by atoms with Gasteiger partial charge in [0.2, 0.25) is 0 Å². The normalized spacial score (nSPS) is 18.5. The van der Waals surface area contributed by atoms with E-state index in [1.54, 1.807) is 0 Å². The largest absolute Gasteiger partial charge is 0.331 e. The predicted molar refractivity (Wildman–Crippen MR) is 161 cm³/mol. The maximum Gasteiger partial charge on any atom is 0.254 e. The van der Waals surface area contributed by atoms with Gasteiger partial charge in [-0.2, -0.15) is 0 Å². The Morgan fingerprint density at radius 3 is 2.02 bits per heavy atom. The average Bonchev–Trinajstić information content (AvgIpc) is 3.48. The Balaban J connectivity index is 1.12. The third-order valence-corrected chi connectivity index (χ3v) is 11.9. The number of sulfone groups is 1. The SMILES string of the molecule is CCCCS(=O)(=O)C1(CCCCN2CCC(N3Cc4ccccc4C3=O)CC2)c2ccccc2-c2ccccc21. The number of hydrogen-bond donors (Lipinski definition) is 0. The Labute approximate surface area is 239 Å². The summed E-state index contributed by atoms with van der Waals surface area (Å²) in [5.41, 5.74) is 6.07. The minimum atomic E-state index is -3.41. The van der Waals surface area contributed by atoms with Crippen LogP contribution in [0.4, 0.5) is 0 Å². The zero-order chi connectivity index (χ0) is 27.7. The fourth-order valence-corrected chi connectivity index (χ4v) is 9.79. The molecule has 0 N–H and O–H groups in total. The molecule has 3 aromatic carbocycles. The number of likely N-dealkylation sites (tertiary alicyclic amines) is 1. The molecule has 0 unspecified atom stereocenters. The Morgan fingerprint density at radius 2 is 1.40 bits per heavy atom. The van der Waals surface area contributed by atoms with Gasteiger partial charge < -0.3 is 9.80 Å². The van der Waals surface area contributed by atoms with E-state index >= 15 is 0 Å². The summed E-state index contributed by atoms with van der Waals surface area (Å²) in [6, 6.07) is 24.5. The van der Waals surface area contributed by atoms with Crippen molar-refractivity contribution in [1.29, 1.82) is 0 Å². The van der Waals surface area contributed by atoms with E-state index in [-0.39, 0.29) is 11.7 Å². The molecule has 3 aliphatic rings. The summed E-state index contributed by atoms with van der Waals surface area (Å²) >= 11 is 0. The van der Waals surface area contributed by atoms with E-state index in [0.717, 1.165) is 91.7 Å². The van der Waals surface area contributed by atoms with Gasteiger partial charge in [0.05, 0.1) is 5.75 Å². The summed E-state index contributed by atoms with van der Waals surface area (Å²) in [6.07, 6.45) is 5.98. The quantitative estimate of drug-likeness (QED) is 0.271. The molecular formula is C34H40N2O3S. The van der Waals surface area contributed by atoms with Crippen LogP contribution in [0.3, 0.4) is 0 Å². The Morgan fingerprint density at radius 1 is 0.800 bits per heavy atom. The highest BCUT2D eigenvalue weighted by Gasteiger charge is 2.51. The second kappa shape index (κ2) is 11.1. The second-order valence-corrected chi connectivity index (χ2v) is 14.0. The van der Waals surface area contributed by atoms with Crippen LogP contribution in [0.15, 0.2) is 72.8 Å². The van der Waals surface area contributed by atoms with Crippen LogP contribution in [0, 0.1) is 0 Å². The molecule has 1 aliphatic carbocycles. The van der Waals surface area contributed by atoms with Crippen molar-refractivity contribution in [2.75, 3.05) is 25.4 Å². The summed E-state index contributed by atoms with van der Waals surface area (Å²) in [5.74, 6) is 0.402. The summed E-state index contributed by atoms with van der Waals surface area (Å²) in [5, 5.41) is 0. The van der Waals surface area contributed by atoms with Gasteiger partial charge in [-0.3, -0.25) is 4.79 Å². The van der Waals surface area contributed by atoms with Gasteiger partial charge in [0.1, 0.15) is 4.75 Å². The smallest absolute Gasteiger partial charge is 0.254 e. The molecule has 0 atom stereocenters. The van der Waals surface area contributed by atoms with Gasteiger partial charge in [-0.05, 0) is 79.0 Å². The molecule has 6 heteroatoms. The van der Waals surface area contributed by atoms with Crippen LogP contribution in [0.25, 0.3) is 11.1 Å². The van der Waals surface area contributed by atoms with Gasteiger partial charge >= 0.3 is 0 Å². The van der Waals surface area contributed by atoms with Crippen LogP contribution in [-0.4, -0.2) is 55.6 Å². The number of benzene rings is 3. The van der Waals surface area contributed by atoms with Crippen LogP contribution in [-0.2, 0) is 21.1 Å². The summed E-state index contributed by atoms with van der Waals surface area (Å²) < 4.78 is 27.4. The predicted octanol–water partition coefficient (Wildman–Crippen LogP) is 6.42. The molecule has 1 fully saturated rings. The number of amides is 1. The lowest BCUT2D eigenvalue weighted by atomic mass is 9.90. The first-order chi connectivity index (χ1) is 19.5. The molecule has 210 valence electrons. The Kier molecular flexibility index (Phi) is 7.58. The van der Waals surface area contributed by atoms with Crippen LogP contribution < -0.4 is 0 Å². The fraction of sp³-hybridized carbons (Fsp3) is 0.441. The fourth-order valence-electron chi connectivity index (χ4n) is 7.29. The first-order valence-corrected chi connectivity index (χ1v) is 16.6. The Hall–Kier alpha value is -2.96. The van der Waals surface area contributed by atoms with Gasteiger partial charge in [0.15, 0.2) is 9.84 Å². The van der Waals surface area contributed by atoms with Crippen LogP contribution in [0.5, 0.6) is 0 Å². The lowest BCUT2D eigenvalue weighted by Crippen LogP contribution is -2.45. The minimum Gasteiger partial charge on any atom is -0.331 e. The highest BCUT2D eigenvalue weighted by molar-refractivity contribution is 7.92. The van der Waals surface area contributed by atoms with Crippen molar-refractivity contribution in [2.45, 2.75) is 69.2 Å². The first-order valence-electron chi connectivity index (χ1n) is 15.0. The molecule has 1 saturated heterocycles. The van der Waals surface area contributed by atoms with Crippen LogP contribution in [0.1, 0.15) is 78.9 Å². The highest BCUT2D eigenvalue weighted by atomic mass is 32.2. The molecular weight excluding hydrogens is 516 g/mol. The monoisotopic (exact) mass is 556 g/mol. The molecule has 40 heavy (non-hydrogen) atoms. The standard InChI is InChI=1S/C34H40N2O3S/c1-2-3-24-40(38,39)34(31-16-8-6-14-29(31)30-15-7-9-17-32(30)34)20-10-11-21-35-22-18-27(19-23-35)36-25-26-12-4-5-13-28(26)33(36)37/h4-9,12-17,27H,2-3,10-11,18-25H2,1H3. The van der Waals surface area contributed by atoms with Gasteiger partial charge in [-0.1, -0.05) is 80.1 Å². The van der Waals surface area contributed by atoms with Gasteiger partial charge in [0, 0.05) is 31.2 Å².